The second-order valence-corrected chi connectivity index (χ2v) is 10.3. The van der Waals surface area contributed by atoms with Crippen molar-refractivity contribution < 1.29 is 0 Å². The molecule has 0 bridgehead atoms. The van der Waals surface area contributed by atoms with Crippen LogP contribution < -0.4 is 5.56 Å². The summed E-state index contributed by atoms with van der Waals surface area (Å²) in [5.74, 6) is -1.83. The van der Waals surface area contributed by atoms with Gasteiger partial charge in [0.05, 0.1) is 29.1 Å². The molecule has 0 saturated carbocycles. The zero-order chi connectivity index (χ0) is 25.9. The fourth-order valence-electron chi connectivity index (χ4n) is 4.30. The molecule has 37 heavy (non-hydrogen) atoms. The number of aromatic amines is 1. The van der Waals surface area contributed by atoms with Crippen molar-refractivity contribution in [2.75, 3.05) is 0 Å². The number of hydrogen-bond donors (Lipinski definition) is 1. The Morgan fingerprint density at radius 3 is 2.27 bits per heavy atom. The molecule has 2 aromatic heterocycles. The average molecular weight is 566 g/mol. The average Bonchev–Trinajstić information content (AvgIpc) is 3.54. The Bertz CT molecular complexity index is 1670. The van der Waals surface area contributed by atoms with Crippen molar-refractivity contribution in [3.63, 3.8) is 0 Å². The van der Waals surface area contributed by atoms with E-state index in [9.17, 15) is 15.3 Å². The van der Waals surface area contributed by atoms with Crippen LogP contribution in [0.2, 0.25) is 0 Å². The minimum Gasteiger partial charge on any atom is -0.288 e. The van der Waals surface area contributed by atoms with E-state index in [0.717, 1.165) is 26.9 Å². The summed E-state index contributed by atoms with van der Waals surface area (Å²) in [5.41, 5.74) is 4.93. The molecule has 6 nitrogen and oxygen atoms in total. The zero-order valence-electron chi connectivity index (χ0n) is 19.7. The maximum Gasteiger partial charge on any atom is 0.277 e. The molecule has 0 fully saturated rings. The van der Waals surface area contributed by atoms with Crippen molar-refractivity contribution in [1.82, 2.24) is 14.8 Å². The number of thiazole rings is 1. The molecule has 0 saturated heterocycles. The lowest BCUT2D eigenvalue weighted by Gasteiger charge is -2.18. The number of hydrogen-bond acceptors (Lipinski definition) is 5. The maximum absolute atomic E-state index is 14.0. The minimum atomic E-state index is -1.07. The van der Waals surface area contributed by atoms with Crippen LogP contribution in [0.25, 0.3) is 27.6 Å². The second-order valence-electron chi connectivity index (χ2n) is 8.55. The Morgan fingerprint density at radius 2 is 1.62 bits per heavy atom. The molecule has 0 spiro atoms. The molecule has 8 heteroatoms. The van der Waals surface area contributed by atoms with Gasteiger partial charge in [-0.2, -0.15) is 15.2 Å². The SMILES string of the molecule is Cc1ccc(-c2csc(-n3[nH]c(-c4ccccc4)c([C@H](c4ccc(Br)cc4)C(C#N)C#N)c3=O)n2)cc1. The van der Waals surface area contributed by atoms with Gasteiger partial charge in [-0.15, -0.1) is 11.3 Å². The lowest BCUT2D eigenvalue weighted by Crippen LogP contribution is -2.23. The number of aromatic nitrogens is 3. The van der Waals surface area contributed by atoms with Crippen LogP contribution in [0.15, 0.2) is 93.5 Å². The molecule has 0 radical (unpaired) electrons. The quantitative estimate of drug-likeness (QED) is 0.244. The van der Waals surface area contributed by atoms with Crippen LogP contribution in [0.3, 0.4) is 0 Å². The summed E-state index contributed by atoms with van der Waals surface area (Å²) in [6, 6.07) is 29.0. The van der Waals surface area contributed by atoms with Gasteiger partial charge in [0.15, 0.2) is 0 Å². The van der Waals surface area contributed by atoms with Crippen LogP contribution in [0.4, 0.5) is 0 Å². The van der Waals surface area contributed by atoms with E-state index < -0.39 is 11.8 Å². The fourth-order valence-corrected chi connectivity index (χ4v) is 5.35. The van der Waals surface area contributed by atoms with Gasteiger partial charge in [-0.05, 0) is 30.2 Å². The Labute approximate surface area is 226 Å². The number of nitrogens with zero attached hydrogens (tertiary/aromatic N) is 4. The first kappa shape index (κ1) is 24.5. The van der Waals surface area contributed by atoms with Crippen LogP contribution in [0, 0.1) is 35.5 Å². The van der Waals surface area contributed by atoms with E-state index in [1.807, 2.05) is 91.2 Å². The summed E-state index contributed by atoms with van der Waals surface area (Å²) >= 11 is 4.79. The van der Waals surface area contributed by atoms with E-state index >= 15 is 0 Å². The highest BCUT2D eigenvalue weighted by Crippen LogP contribution is 2.36. The Balaban J connectivity index is 1.72. The third kappa shape index (κ3) is 4.77. The summed E-state index contributed by atoms with van der Waals surface area (Å²) in [7, 11) is 0. The monoisotopic (exact) mass is 565 g/mol. The van der Waals surface area contributed by atoms with Gasteiger partial charge in [0.25, 0.3) is 5.56 Å². The van der Waals surface area contributed by atoms with Crippen LogP contribution in [-0.4, -0.2) is 14.8 Å². The highest BCUT2D eigenvalue weighted by atomic mass is 79.9. The predicted octanol–water partition coefficient (Wildman–Crippen LogP) is 6.82. The summed E-state index contributed by atoms with van der Waals surface area (Å²) in [5, 5.41) is 25.4. The normalized spacial score (nSPS) is 11.7. The zero-order valence-corrected chi connectivity index (χ0v) is 22.1. The molecular weight excluding hydrogens is 546 g/mol. The van der Waals surface area contributed by atoms with Gasteiger partial charge in [0.1, 0.15) is 5.92 Å². The van der Waals surface area contributed by atoms with Crippen molar-refractivity contribution in [3.05, 3.63) is 116 Å². The summed E-state index contributed by atoms with van der Waals surface area (Å²) in [6.07, 6.45) is 0. The molecule has 2 heterocycles. The lowest BCUT2D eigenvalue weighted by atomic mass is 9.81. The summed E-state index contributed by atoms with van der Waals surface area (Å²) in [4.78, 5) is 18.8. The van der Waals surface area contributed by atoms with E-state index in [1.165, 1.54) is 16.0 Å². The van der Waals surface area contributed by atoms with E-state index in [0.29, 0.717) is 22.0 Å². The van der Waals surface area contributed by atoms with Crippen molar-refractivity contribution in [3.8, 4) is 39.8 Å². The van der Waals surface area contributed by atoms with Gasteiger partial charge >= 0.3 is 0 Å². The molecule has 1 N–H and O–H groups in total. The number of nitrogens with one attached hydrogen (secondary N) is 1. The first-order valence-corrected chi connectivity index (χ1v) is 13.2. The van der Waals surface area contributed by atoms with E-state index in [4.69, 9.17) is 4.98 Å². The van der Waals surface area contributed by atoms with Gasteiger partial charge in [-0.1, -0.05) is 88.2 Å². The largest absolute Gasteiger partial charge is 0.288 e. The van der Waals surface area contributed by atoms with Crippen LogP contribution >= 0.6 is 27.3 Å². The van der Waals surface area contributed by atoms with Crippen LogP contribution in [0.1, 0.15) is 22.6 Å². The van der Waals surface area contributed by atoms with Crippen LogP contribution in [0.5, 0.6) is 0 Å². The Morgan fingerprint density at radius 1 is 0.946 bits per heavy atom. The van der Waals surface area contributed by atoms with Crippen LogP contribution in [-0.2, 0) is 0 Å². The fraction of sp³-hybridized carbons (Fsp3) is 0.103. The standard InChI is InChI=1S/C29H20BrN5OS/c1-18-7-9-19(10-8-18)24-17-37-29(33-24)35-28(36)26(27(34-35)21-5-3-2-4-6-21)25(22(15-31)16-32)20-11-13-23(30)14-12-20/h2-14,17,22,25,34H,1H3/t25-/m1/s1. The number of rotatable bonds is 6. The molecule has 0 unspecified atom stereocenters. The third-order valence-corrected chi connectivity index (χ3v) is 7.53. The van der Waals surface area contributed by atoms with Gasteiger partial charge in [-0.25, -0.2) is 4.98 Å². The smallest absolute Gasteiger partial charge is 0.277 e. The highest BCUT2D eigenvalue weighted by molar-refractivity contribution is 9.10. The maximum atomic E-state index is 14.0. The predicted molar refractivity (Wildman–Crippen MR) is 148 cm³/mol. The molecule has 0 amide bonds. The van der Waals surface area contributed by atoms with Gasteiger partial charge in [0, 0.05) is 21.3 Å². The van der Waals surface area contributed by atoms with Gasteiger partial charge < -0.3 is 0 Å². The molecule has 5 aromatic rings. The van der Waals surface area contributed by atoms with Gasteiger partial charge in [-0.3, -0.25) is 9.89 Å². The lowest BCUT2D eigenvalue weighted by molar-refractivity contribution is 0.703. The molecule has 3 aromatic carbocycles. The third-order valence-electron chi connectivity index (χ3n) is 6.17. The molecular formula is C29H20BrN5OS. The second kappa shape index (κ2) is 10.4. The van der Waals surface area contributed by atoms with Crippen molar-refractivity contribution >= 4 is 27.3 Å². The summed E-state index contributed by atoms with van der Waals surface area (Å²) < 4.78 is 2.28. The van der Waals surface area contributed by atoms with Crippen molar-refractivity contribution in [2.45, 2.75) is 12.8 Å². The molecule has 0 aliphatic heterocycles. The van der Waals surface area contributed by atoms with Crippen molar-refractivity contribution in [1.29, 1.82) is 10.5 Å². The molecule has 180 valence electrons. The van der Waals surface area contributed by atoms with E-state index in [2.05, 4.69) is 33.2 Å². The summed E-state index contributed by atoms with van der Waals surface area (Å²) in [6.45, 7) is 2.03. The molecule has 5 rings (SSSR count). The molecule has 0 aliphatic rings. The minimum absolute atomic E-state index is 0.341. The van der Waals surface area contributed by atoms with Crippen molar-refractivity contribution in [2.24, 2.45) is 5.92 Å². The highest BCUT2D eigenvalue weighted by Gasteiger charge is 2.33. The number of halogens is 1. The topological polar surface area (TPSA) is 98.3 Å². The Hall–Kier alpha value is -4.24. The Kier molecular flexibility index (Phi) is 6.87. The molecule has 0 aliphatic carbocycles. The number of aryl methyl sites for hydroxylation is 1. The van der Waals surface area contributed by atoms with E-state index in [1.54, 1.807) is 0 Å². The first-order chi connectivity index (χ1) is 18.0. The number of H-pyrrole nitrogens is 1. The number of nitriles is 2. The van der Waals surface area contributed by atoms with E-state index in [-0.39, 0.29) is 5.56 Å². The first-order valence-electron chi connectivity index (χ1n) is 11.5. The van der Waals surface area contributed by atoms with Gasteiger partial charge in [0.2, 0.25) is 5.13 Å². The molecule has 1 atom stereocenters. The number of benzene rings is 3.